The molecule has 30 heavy (non-hydrogen) atoms. The molecule has 2 aliphatic heterocycles. The number of aliphatic hydroxyl groups excluding tert-OH is 1. The fourth-order valence-corrected chi connectivity index (χ4v) is 5.51. The van der Waals surface area contributed by atoms with E-state index in [1.807, 2.05) is 5.41 Å². The van der Waals surface area contributed by atoms with Crippen molar-refractivity contribution in [2.75, 3.05) is 0 Å². The number of hydrogen-bond donors (Lipinski definition) is 4. The van der Waals surface area contributed by atoms with E-state index in [2.05, 4.69) is 10.6 Å². The van der Waals surface area contributed by atoms with E-state index in [9.17, 15) is 28.2 Å². The van der Waals surface area contributed by atoms with E-state index in [4.69, 9.17) is 11.6 Å². The number of rotatable bonds is 3. The van der Waals surface area contributed by atoms with Crippen LogP contribution in [0.25, 0.3) is 5.69 Å². The van der Waals surface area contributed by atoms with Crippen LogP contribution in [0.15, 0.2) is 64.2 Å². The van der Waals surface area contributed by atoms with Gasteiger partial charge in [-0.05, 0) is 23.1 Å². The van der Waals surface area contributed by atoms with Crippen molar-refractivity contribution in [3.63, 3.8) is 0 Å². The summed E-state index contributed by atoms with van der Waals surface area (Å²) in [6, 6.07) is 7.05. The number of fused-ring (bicyclic) bond motifs is 1. The zero-order valence-corrected chi connectivity index (χ0v) is 16.6. The quantitative estimate of drug-likeness (QED) is 0.532. The second-order valence-corrected chi connectivity index (χ2v) is 8.82. The van der Waals surface area contributed by atoms with Crippen LogP contribution in [-0.2, 0) is 0 Å². The molecule has 1 aromatic heterocycles. The minimum absolute atomic E-state index is 0.0785. The largest absolute Gasteiger partial charge is 0.503 e. The van der Waals surface area contributed by atoms with Crippen molar-refractivity contribution in [3.8, 4) is 11.4 Å². The number of pyridine rings is 1. The molecule has 2 aromatic rings. The second kappa shape index (κ2) is 7.53. The molecule has 3 unspecified atom stereocenters. The van der Waals surface area contributed by atoms with Crippen LogP contribution in [0, 0.1) is 0 Å². The van der Waals surface area contributed by atoms with Crippen molar-refractivity contribution in [1.29, 1.82) is 0 Å². The second-order valence-electron chi connectivity index (χ2n) is 6.52. The Labute approximate surface area is 175 Å². The zero-order valence-electron chi connectivity index (χ0n) is 15.0. The SMILES string of the molecule is O=c1cc(C(O)C(F)(F)F)n(-c2cccc(C3=S4C=CNC4NC=C3Cl)c2)cc1O. The predicted molar refractivity (Wildman–Crippen MR) is 110 cm³/mol. The summed E-state index contributed by atoms with van der Waals surface area (Å²) in [5, 5.41) is 28.2. The number of allylic oxidation sites excluding steroid dienone is 1. The first-order valence-electron chi connectivity index (χ1n) is 8.61. The van der Waals surface area contributed by atoms with Crippen LogP contribution < -0.4 is 16.1 Å². The van der Waals surface area contributed by atoms with Crippen LogP contribution in [0.3, 0.4) is 0 Å². The lowest BCUT2D eigenvalue weighted by Crippen LogP contribution is -2.35. The first-order valence-corrected chi connectivity index (χ1v) is 10.3. The summed E-state index contributed by atoms with van der Waals surface area (Å²) < 4.78 is 40.4. The van der Waals surface area contributed by atoms with Gasteiger partial charge in [0.25, 0.3) is 0 Å². The molecule has 158 valence electrons. The molecule has 3 atom stereocenters. The summed E-state index contributed by atoms with van der Waals surface area (Å²) in [6.45, 7) is 0. The first kappa shape index (κ1) is 20.6. The standard InChI is InChI=1S/C19H15ClF3N3O3S/c20-12-8-25-18-24-4-5-30(18)16(12)10-2-1-3-11(6-10)26-9-15(28)14(27)7-13(26)17(29)19(21,22)23/h1-9,17-18,24-25,28-29H. The molecule has 0 saturated heterocycles. The Morgan fingerprint density at radius 2 is 2.00 bits per heavy atom. The van der Waals surface area contributed by atoms with E-state index in [0.717, 1.165) is 15.6 Å². The highest BCUT2D eigenvalue weighted by Gasteiger charge is 2.41. The van der Waals surface area contributed by atoms with Crippen LogP contribution in [0.1, 0.15) is 17.4 Å². The van der Waals surface area contributed by atoms with Crippen LogP contribution in [0.4, 0.5) is 13.2 Å². The molecule has 0 aliphatic carbocycles. The van der Waals surface area contributed by atoms with Gasteiger partial charge in [0.15, 0.2) is 11.9 Å². The molecule has 2 aliphatic rings. The number of alkyl halides is 3. The number of halogens is 4. The third-order valence-corrected chi connectivity index (χ3v) is 7.11. The first-order chi connectivity index (χ1) is 14.2. The van der Waals surface area contributed by atoms with E-state index >= 15 is 0 Å². The third kappa shape index (κ3) is 3.62. The number of nitrogens with zero attached hydrogens (tertiary/aromatic N) is 1. The topological polar surface area (TPSA) is 86.5 Å². The van der Waals surface area contributed by atoms with Gasteiger partial charge in [0.1, 0.15) is 5.50 Å². The lowest BCUT2D eigenvalue weighted by molar-refractivity contribution is -0.208. The molecule has 0 radical (unpaired) electrons. The number of hydrogen-bond acceptors (Lipinski definition) is 5. The van der Waals surface area contributed by atoms with Crippen molar-refractivity contribution < 1.29 is 23.4 Å². The van der Waals surface area contributed by atoms with Gasteiger partial charge >= 0.3 is 6.18 Å². The van der Waals surface area contributed by atoms with Crippen molar-refractivity contribution in [3.05, 3.63) is 80.8 Å². The molecule has 3 heterocycles. The van der Waals surface area contributed by atoms with Gasteiger partial charge in [-0.2, -0.15) is 13.2 Å². The monoisotopic (exact) mass is 457 g/mol. The molecular weight excluding hydrogens is 443 g/mol. The highest BCUT2D eigenvalue weighted by Crippen LogP contribution is 2.37. The molecule has 0 bridgehead atoms. The van der Waals surface area contributed by atoms with Gasteiger partial charge in [-0.1, -0.05) is 23.7 Å². The van der Waals surface area contributed by atoms with Crippen molar-refractivity contribution in [1.82, 2.24) is 15.2 Å². The van der Waals surface area contributed by atoms with E-state index in [0.29, 0.717) is 16.7 Å². The van der Waals surface area contributed by atoms with Gasteiger partial charge in [-0.3, -0.25) is 4.79 Å². The smallest absolute Gasteiger partial charge is 0.420 e. The summed E-state index contributed by atoms with van der Waals surface area (Å²) in [6.07, 6.45) is -3.60. The lowest BCUT2D eigenvalue weighted by atomic mass is 10.1. The molecular formula is C19H15ClF3N3O3S. The number of aliphatic hydroxyl groups is 1. The molecule has 1 aromatic carbocycles. The maximum absolute atomic E-state index is 13.2. The van der Waals surface area contributed by atoms with Crippen LogP contribution >= 0.6 is 22.1 Å². The summed E-state index contributed by atoms with van der Waals surface area (Å²) in [4.78, 5) is 12.5. The van der Waals surface area contributed by atoms with Gasteiger partial charge in [-0.15, -0.1) is 10.5 Å². The zero-order chi connectivity index (χ0) is 21.6. The summed E-state index contributed by atoms with van der Waals surface area (Å²) in [5.41, 5.74) is -0.936. The van der Waals surface area contributed by atoms with Crippen LogP contribution in [0.2, 0.25) is 0 Å². The minimum atomic E-state index is -4.99. The van der Waals surface area contributed by atoms with Gasteiger partial charge in [0.2, 0.25) is 5.43 Å². The average Bonchev–Trinajstić information content (AvgIpc) is 3.17. The van der Waals surface area contributed by atoms with Gasteiger partial charge in [-0.25, -0.2) is 0 Å². The Kier molecular flexibility index (Phi) is 5.16. The third-order valence-electron chi connectivity index (χ3n) is 4.57. The fourth-order valence-electron chi connectivity index (χ4n) is 3.20. The molecule has 4 N–H and O–H groups in total. The normalized spacial score (nSPS) is 21.5. The predicted octanol–water partition coefficient (Wildman–Crippen LogP) is 2.97. The average molecular weight is 458 g/mol. The van der Waals surface area contributed by atoms with Crippen molar-refractivity contribution >= 4 is 26.9 Å². The summed E-state index contributed by atoms with van der Waals surface area (Å²) in [5.74, 6) is -0.740. The van der Waals surface area contributed by atoms with Crippen molar-refractivity contribution in [2.24, 2.45) is 0 Å². The number of nitrogens with one attached hydrogen (secondary N) is 2. The fraction of sp³-hybridized carbons (Fsp3) is 0.158. The Balaban J connectivity index is 1.88. The molecule has 0 saturated carbocycles. The number of aromatic hydroxyl groups is 1. The van der Waals surface area contributed by atoms with Crippen molar-refractivity contribution in [2.45, 2.75) is 17.8 Å². The Hall–Kier alpha value is -2.69. The molecule has 6 nitrogen and oxygen atoms in total. The van der Waals surface area contributed by atoms with E-state index < -0.39 is 39.6 Å². The van der Waals surface area contributed by atoms with Crippen LogP contribution in [-0.4, -0.2) is 31.3 Å². The summed E-state index contributed by atoms with van der Waals surface area (Å²) >= 11 is 6.40. The van der Waals surface area contributed by atoms with Gasteiger partial charge in [0.05, 0.1) is 16.9 Å². The van der Waals surface area contributed by atoms with E-state index in [1.54, 1.807) is 30.6 Å². The van der Waals surface area contributed by atoms with E-state index in [-0.39, 0.29) is 11.2 Å². The highest BCUT2D eigenvalue weighted by atomic mass is 35.5. The summed E-state index contributed by atoms with van der Waals surface area (Å²) in [7, 11) is -0.429. The maximum Gasteiger partial charge on any atom is 0.420 e. The number of benzene rings is 1. The maximum atomic E-state index is 13.2. The molecule has 0 spiro atoms. The number of aromatic nitrogens is 1. The highest BCUT2D eigenvalue weighted by molar-refractivity contribution is 8.19. The molecule has 11 heteroatoms. The minimum Gasteiger partial charge on any atom is -0.503 e. The van der Waals surface area contributed by atoms with E-state index in [1.165, 1.54) is 6.07 Å². The van der Waals surface area contributed by atoms with Gasteiger partial charge < -0.3 is 25.4 Å². The lowest BCUT2D eigenvalue weighted by Gasteiger charge is -2.25. The molecule has 4 rings (SSSR count). The molecule has 0 amide bonds. The Bertz CT molecular complexity index is 1170. The van der Waals surface area contributed by atoms with Crippen LogP contribution in [0.5, 0.6) is 5.75 Å². The Morgan fingerprint density at radius 1 is 1.23 bits per heavy atom. The molecule has 0 fully saturated rings. The van der Waals surface area contributed by atoms with Gasteiger partial charge in [0, 0.05) is 29.0 Å². The Morgan fingerprint density at radius 3 is 2.73 bits per heavy atom.